The highest BCUT2D eigenvalue weighted by molar-refractivity contribution is 6.31. The van der Waals surface area contributed by atoms with Crippen LogP contribution in [-0.2, 0) is 0 Å². The van der Waals surface area contributed by atoms with Gasteiger partial charge in [-0.05, 0) is 6.92 Å². The summed E-state index contributed by atoms with van der Waals surface area (Å²) < 4.78 is 1.56. The van der Waals surface area contributed by atoms with Gasteiger partial charge < -0.3 is 5.11 Å². The maximum Gasteiger partial charge on any atom is 0.337 e. The number of benzene rings is 1. The first kappa shape index (κ1) is 12.6. The Kier molecular flexibility index (Phi) is 2.91. The van der Waals surface area contributed by atoms with Crippen LogP contribution in [0.25, 0.3) is 16.6 Å². The number of fused-ring (bicyclic) bond motifs is 1. The molecule has 3 rings (SSSR count). The fourth-order valence-corrected chi connectivity index (χ4v) is 2.21. The molecule has 6 heteroatoms. The van der Waals surface area contributed by atoms with Crippen LogP contribution in [0.15, 0.2) is 36.7 Å². The molecule has 20 heavy (non-hydrogen) atoms. The molecule has 0 bridgehead atoms. The molecule has 5 nitrogen and oxygen atoms in total. The molecule has 0 aliphatic heterocycles. The average Bonchev–Trinajstić information content (AvgIpc) is 2.77. The molecule has 100 valence electrons. The number of carbonyl (C=O) groups is 1. The van der Waals surface area contributed by atoms with Crippen molar-refractivity contribution in [1.29, 1.82) is 0 Å². The highest BCUT2D eigenvalue weighted by Gasteiger charge is 2.14. The highest BCUT2D eigenvalue weighted by atomic mass is 35.5. The molecule has 0 spiro atoms. The second-order valence-corrected chi connectivity index (χ2v) is 4.76. The summed E-state index contributed by atoms with van der Waals surface area (Å²) in [6, 6.07) is 7.19. The molecule has 0 saturated carbocycles. The standard InChI is InChI=1S/C14H10ClN3O2/c1-8-12(15)7-18(17-8)13-10-5-3-2-4-9(10)11(6-16-13)14(19)20/h2-7H,1H3,(H,19,20). The van der Waals surface area contributed by atoms with E-state index in [9.17, 15) is 9.90 Å². The van der Waals surface area contributed by atoms with E-state index in [1.54, 1.807) is 29.9 Å². The van der Waals surface area contributed by atoms with Gasteiger partial charge in [0.1, 0.15) is 0 Å². The SMILES string of the molecule is Cc1nn(-c2ncc(C(=O)O)c3ccccc23)cc1Cl. The van der Waals surface area contributed by atoms with E-state index >= 15 is 0 Å². The lowest BCUT2D eigenvalue weighted by molar-refractivity contribution is 0.0698. The number of carboxylic acid groups (broad SMARTS) is 1. The van der Waals surface area contributed by atoms with E-state index in [0.717, 1.165) is 0 Å². The average molecular weight is 288 g/mol. The number of aromatic nitrogens is 3. The van der Waals surface area contributed by atoms with Crippen molar-refractivity contribution in [3.63, 3.8) is 0 Å². The number of rotatable bonds is 2. The van der Waals surface area contributed by atoms with Gasteiger partial charge in [-0.25, -0.2) is 14.5 Å². The molecular weight excluding hydrogens is 278 g/mol. The van der Waals surface area contributed by atoms with Crippen LogP contribution in [0.4, 0.5) is 0 Å². The molecule has 2 aromatic heterocycles. The van der Waals surface area contributed by atoms with E-state index in [2.05, 4.69) is 10.1 Å². The van der Waals surface area contributed by atoms with Crippen molar-refractivity contribution >= 4 is 28.3 Å². The molecule has 0 unspecified atom stereocenters. The number of carboxylic acids is 1. The van der Waals surface area contributed by atoms with Crippen molar-refractivity contribution in [2.45, 2.75) is 6.92 Å². The molecule has 0 radical (unpaired) electrons. The summed E-state index contributed by atoms with van der Waals surface area (Å²) in [6.07, 6.45) is 3.00. The summed E-state index contributed by atoms with van der Waals surface area (Å²) in [5, 5.41) is 15.4. The first-order valence-electron chi connectivity index (χ1n) is 5.91. The van der Waals surface area contributed by atoms with Gasteiger partial charge in [-0.3, -0.25) is 0 Å². The molecule has 0 atom stereocenters. The number of pyridine rings is 1. The third-order valence-corrected chi connectivity index (χ3v) is 3.43. The van der Waals surface area contributed by atoms with Crippen LogP contribution in [0.3, 0.4) is 0 Å². The first-order valence-corrected chi connectivity index (χ1v) is 6.29. The van der Waals surface area contributed by atoms with Gasteiger partial charge in [0.05, 0.1) is 22.5 Å². The Labute approximate surface area is 119 Å². The summed E-state index contributed by atoms with van der Waals surface area (Å²) in [5.41, 5.74) is 0.860. The molecule has 0 fully saturated rings. The van der Waals surface area contributed by atoms with Crippen molar-refractivity contribution < 1.29 is 9.90 Å². The van der Waals surface area contributed by atoms with Crippen LogP contribution in [0.2, 0.25) is 5.02 Å². The van der Waals surface area contributed by atoms with Crippen molar-refractivity contribution in [3.8, 4) is 5.82 Å². The lowest BCUT2D eigenvalue weighted by Gasteiger charge is -2.07. The first-order chi connectivity index (χ1) is 9.58. The number of nitrogens with zero attached hydrogens (tertiary/aromatic N) is 3. The Hall–Kier alpha value is -2.40. The minimum absolute atomic E-state index is 0.166. The van der Waals surface area contributed by atoms with E-state index in [1.165, 1.54) is 6.20 Å². The topological polar surface area (TPSA) is 68.0 Å². The van der Waals surface area contributed by atoms with Gasteiger partial charge >= 0.3 is 5.97 Å². The third kappa shape index (κ3) is 1.92. The summed E-state index contributed by atoms with van der Waals surface area (Å²) in [4.78, 5) is 15.5. The van der Waals surface area contributed by atoms with E-state index in [4.69, 9.17) is 11.6 Å². The summed E-state index contributed by atoms with van der Waals surface area (Å²) in [6.45, 7) is 1.80. The second kappa shape index (κ2) is 4.61. The summed E-state index contributed by atoms with van der Waals surface area (Å²) in [7, 11) is 0. The second-order valence-electron chi connectivity index (χ2n) is 4.35. The normalized spacial score (nSPS) is 10.9. The lowest BCUT2D eigenvalue weighted by Crippen LogP contribution is -2.04. The largest absolute Gasteiger partial charge is 0.478 e. The maximum atomic E-state index is 11.2. The van der Waals surface area contributed by atoms with Crippen LogP contribution >= 0.6 is 11.6 Å². The molecule has 1 N–H and O–H groups in total. The zero-order valence-corrected chi connectivity index (χ0v) is 11.3. The van der Waals surface area contributed by atoms with Crippen LogP contribution < -0.4 is 0 Å². The zero-order valence-electron chi connectivity index (χ0n) is 10.5. The zero-order chi connectivity index (χ0) is 14.3. The molecule has 2 heterocycles. The number of hydrogen-bond donors (Lipinski definition) is 1. The van der Waals surface area contributed by atoms with Crippen molar-refractivity contribution in [2.24, 2.45) is 0 Å². The van der Waals surface area contributed by atoms with E-state index in [1.807, 2.05) is 12.1 Å². The van der Waals surface area contributed by atoms with Gasteiger partial charge in [-0.2, -0.15) is 5.10 Å². The van der Waals surface area contributed by atoms with Crippen LogP contribution in [-0.4, -0.2) is 25.8 Å². The summed E-state index contributed by atoms with van der Waals surface area (Å²) >= 11 is 6.01. The molecule has 3 aromatic rings. The Balaban J connectivity index is 2.33. The monoisotopic (exact) mass is 287 g/mol. The molecular formula is C14H10ClN3O2. The Bertz CT molecular complexity index is 807. The van der Waals surface area contributed by atoms with Crippen LogP contribution in [0.1, 0.15) is 16.1 Å². The van der Waals surface area contributed by atoms with Gasteiger partial charge in [-0.15, -0.1) is 0 Å². The van der Waals surface area contributed by atoms with Gasteiger partial charge in [-0.1, -0.05) is 35.9 Å². The van der Waals surface area contributed by atoms with Gasteiger partial charge in [0.15, 0.2) is 5.82 Å². The van der Waals surface area contributed by atoms with Crippen molar-refractivity contribution in [2.75, 3.05) is 0 Å². The Morgan fingerprint density at radius 2 is 2.00 bits per heavy atom. The van der Waals surface area contributed by atoms with Crippen LogP contribution in [0, 0.1) is 6.92 Å². The Morgan fingerprint density at radius 3 is 2.60 bits per heavy atom. The highest BCUT2D eigenvalue weighted by Crippen LogP contribution is 2.25. The van der Waals surface area contributed by atoms with Gasteiger partial charge in [0.2, 0.25) is 0 Å². The van der Waals surface area contributed by atoms with Gasteiger partial charge in [0.25, 0.3) is 0 Å². The number of aryl methyl sites for hydroxylation is 1. The van der Waals surface area contributed by atoms with Crippen molar-refractivity contribution in [3.05, 3.63) is 52.9 Å². The minimum atomic E-state index is -1.00. The quantitative estimate of drug-likeness (QED) is 0.786. The minimum Gasteiger partial charge on any atom is -0.478 e. The predicted molar refractivity (Wildman–Crippen MR) is 75.6 cm³/mol. The number of hydrogen-bond acceptors (Lipinski definition) is 3. The lowest BCUT2D eigenvalue weighted by atomic mass is 10.1. The van der Waals surface area contributed by atoms with E-state index < -0.39 is 5.97 Å². The van der Waals surface area contributed by atoms with E-state index in [0.29, 0.717) is 27.3 Å². The third-order valence-electron chi connectivity index (χ3n) is 3.06. The number of aromatic carboxylic acids is 1. The molecule has 0 amide bonds. The van der Waals surface area contributed by atoms with E-state index in [-0.39, 0.29) is 5.56 Å². The maximum absolute atomic E-state index is 11.2. The molecule has 1 aromatic carbocycles. The molecule has 0 saturated heterocycles. The fraction of sp³-hybridized carbons (Fsp3) is 0.0714. The summed E-state index contributed by atoms with van der Waals surface area (Å²) in [5.74, 6) is -0.449. The fourth-order valence-electron chi connectivity index (χ4n) is 2.08. The van der Waals surface area contributed by atoms with Gasteiger partial charge in [0, 0.05) is 17.0 Å². The van der Waals surface area contributed by atoms with Crippen molar-refractivity contribution in [1.82, 2.24) is 14.8 Å². The molecule has 0 aliphatic carbocycles. The molecule has 0 aliphatic rings. The smallest absolute Gasteiger partial charge is 0.337 e. The number of halogens is 1. The van der Waals surface area contributed by atoms with Crippen LogP contribution in [0.5, 0.6) is 0 Å². The Morgan fingerprint density at radius 1 is 1.30 bits per heavy atom. The predicted octanol–water partition coefficient (Wildman–Crippen LogP) is 3.08.